The first-order valence-electron chi connectivity index (χ1n) is 12.2. The van der Waals surface area contributed by atoms with Gasteiger partial charge in [0.15, 0.2) is 18.1 Å². The van der Waals surface area contributed by atoms with Gasteiger partial charge in [-0.1, -0.05) is 35.9 Å². The van der Waals surface area contributed by atoms with Crippen molar-refractivity contribution in [3.05, 3.63) is 86.4 Å². The molecule has 0 aromatic heterocycles. The summed E-state index contributed by atoms with van der Waals surface area (Å²) in [7, 11) is 0. The normalized spacial score (nSPS) is 14.3. The van der Waals surface area contributed by atoms with E-state index < -0.39 is 17.8 Å². The van der Waals surface area contributed by atoms with Gasteiger partial charge < -0.3 is 14.8 Å². The second-order valence-electron chi connectivity index (χ2n) is 8.76. The number of nitrogens with one attached hydrogen (secondary N) is 2. The van der Waals surface area contributed by atoms with E-state index in [0.29, 0.717) is 26.3 Å². The Labute approximate surface area is 244 Å². The maximum Gasteiger partial charge on any atom is 0.335 e. The molecule has 1 heterocycles. The average molecular weight is 627 g/mol. The number of benzene rings is 3. The van der Waals surface area contributed by atoms with E-state index in [2.05, 4.69) is 26.6 Å². The standard InChI is InChI=1S/C29H25BrClN3O6/c1-4-39-24-14-18(13-20(30)26(24)40-15-25(35)32-22-10-6-5-8-16(22)2)12-19-27(36)33-29(38)34(28(19)37)23-11-7-9-21(31)17(23)3/h5-14H,4,15H2,1-3H3,(H,32,35)(H,33,36,38)/b19-12-. The maximum atomic E-state index is 13.3. The van der Waals surface area contributed by atoms with Crippen molar-refractivity contribution in [3.8, 4) is 11.5 Å². The molecule has 206 valence electrons. The van der Waals surface area contributed by atoms with E-state index in [0.717, 1.165) is 10.5 Å². The van der Waals surface area contributed by atoms with Gasteiger partial charge in [-0.3, -0.25) is 19.7 Å². The predicted octanol–water partition coefficient (Wildman–Crippen LogP) is 5.80. The number of urea groups is 1. The Kier molecular flexibility index (Phi) is 8.91. The number of carbonyl (C=O) groups excluding carboxylic acids is 4. The lowest BCUT2D eigenvalue weighted by Crippen LogP contribution is -2.54. The molecule has 1 aliphatic rings. The van der Waals surface area contributed by atoms with Gasteiger partial charge in [0.1, 0.15) is 5.57 Å². The predicted molar refractivity (Wildman–Crippen MR) is 156 cm³/mol. The minimum atomic E-state index is -0.874. The number of imide groups is 2. The lowest BCUT2D eigenvalue weighted by molar-refractivity contribution is -0.122. The highest BCUT2D eigenvalue weighted by molar-refractivity contribution is 9.10. The molecule has 0 radical (unpaired) electrons. The Morgan fingerprint density at radius 3 is 2.55 bits per heavy atom. The van der Waals surface area contributed by atoms with Crippen LogP contribution < -0.4 is 25.0 Å². The van der Waals surface area contributed by atoms with Gasteiger partial charge >= 0.3 is 6.03 Å². The smallest absolute Gasteiger partial charge is 0.335 e. The molecule has 1 fully saturated rings. The van der Waals surface area contributed by atoms with Crippen molar-refractivity contribution in [2.24, 2.45) is 0 Å². The fraction of sp³-hybridized carbons (Fsp3) is 0.172. The largest absolute Gasteiger partial charge is 0.490 e. The van der Waals surface area contributed by atoms with Gasteiger partial charge in [-0.2, -0.15) is 0 Å². The summed E-state index contributed by atoms with van der Waals surface area (Å²) in [6.07, 6.45) is 1.35. The molecule has 0 atom stereocenters. The molecule has 1 aliphatic heterocycles. The van der Waals surface area contributed by atoms with Gasteiger partial charge in [0.2, 0.25) is 0 Å². The number of hydrogen-bond acceptors (Lipinski definition) is 6. The van der Waals surface area contributed by atoms with Crippen LogP contribution in [0.1, 0.15) is 23.6 Å². The average Bonchev–Trinajstić information content (AvgIpc) is 2.90. The lowest BCUT2D eigenvalue weighted by atomic mass is 10.1. The topological polar surface area (TPSA) is 114 Å². The summed E-state index contributed by atoms with van der Waals surface area (Å²) in [5, 5.41) is 5.37. The second kappa shape index (κ2) is 12.4. The molecule has 5 amide bonds. The zero-order valence-corrected chi connectivity index (χ0v) is 24.2. The molecular formula is C29H25BrClN3O6. The van der Waals surface area contributed by atoms with Crippen LogP contribution in [0.4, 0.5) is 16.2 Å². The van der Waals surface area contributed by atoms with E-state index in [9.17, 15) is 19.2 Å². The molecular weight excluding hydrogens is 602 g/mol. The Bertz CT molecular complexity index is 1550. The van der Waals surface area contributed by atoms with Gasteiger partial charge in [-0.15, -0.1) is 0 Å². The third-order valence-electron chi connectivity index (χ3n) is 5.99. The SMILES string of the molecule is CCOc1cc(/C=C2/C(=O)NC(=O)N(c3cccc(Cl)c3C)C2=O)cc(Br)c1OCC(=O)Nc1ccccc1C. The van der Waals surface area contributed by atoms with Crippen molar-refractivity contribution in [2.75, 3.05) is 23.4 Å². The van der Waals surface area contributed by atoms with Crippen molar-refractivity contribution in [1.29, 1.82) is 0 Å². The molecule has 3 aromatic carbocycles. The summed E-state index contributed by atoms with van der Waals surface area (Å²) in [4.78, 5) is 52.0. The van der Waals surface area contributed by atoms with E-state index in [-0.39, 0.29) is 41.9 Å². The van der Waals surface area contributed by atoms with Gasteiger partial charge in [0, 0.05) is 10.7 Å². The summed E-state index contributed by atoms with van der Waals surface area (Å²) >= 11 is 9.62. The van der Waals surface area contributed by atoms with Crippen LogP contribution in [0.5, 0.6) is 11.5 Å². The monoisotopic (exact) mass is 625 g/mol. The number of amides is 5. The van der Waals surface area contributed by atoms with Crippen LogP contribution in [0.3, 0.4) is 0 Å². The van der Waals surface area contributed by atoms with Crippen LogP contribution in [0.25, 0.3) is 6.08 Å². The van der Waals surface area contributed by atoms with Crippen molar-refractivity contribution >= 4 is 68.7 Å². The number of hydrogen-bond donors (Lipinski definition) is 2. The Hall–Kier alpha value is -4.15. The Morgan fingerprint density at radius 2 is 1.82 bits per heavy atom. The molecule has 3 aromatic rings. The molecule has 4 rings (SSSR count). The number of nitrogens with zero attached hydrogens (tertiary/aromatic N) is 1. The molecule has 9 nitrogen and oxygen atoms in total. The summed E-state index contributed by atoms with van der Waals surface area (Å²) in [6, 6.07) is 14.5. The highest BCUT2D eigenvalue weighted by Crippen LogP contribution is 2.38. The summed E-state index contributed by atoms with van der Waals surface area (Å²) in [5.74, 6) is -1.44. The summed E-state index contributed by atoms with van der Waals surface area (Å²) in [5.41, 5.74) is 2.52. The molecule has 11 heteroatoms. The highest BCUT2D eigenvalue weighted by atomic mass is 79.9. The first-order valence-corrected chi connectivity index (χ1v) is 13.4. The van der Waals surface area contributed by atoms with Gasteiger partial charge in [0.05, 0.1) is 16.8 Å². The fourth-order valence-corrected chi connectivity index (χ4v) is 4.74. The van der Waals surface area contributed by atoms with Crippen molar-refractivity contribution in [1.82, 2.24) is 5.32 Å². The van der Waals surface area contributed by atoms with Crippen LogP contribution in [-0.2, 0) is 14.4 Å². The fourth-order valence-electron chi connectivity index (χ4n) is 3.99. The Morgan fingerprint density at radius 1 is 1.07 bits per heavy atom. The van der Waals surface area contributed by atoms with E-state index >= 15 is 0 Å². The quantitative estimate of drug-likeness (QED) is 0.241. The number of anilines is 2. The number of barbiturate groups is 1. The number of ether oxygens (including phenoxy) is 2. The third kappa shape index (κ3) is 6.19. The number of aryl methyl sites for hydroxylation is 1. The van der Waals surface area contributed by atoms with Crippen molar-refractivity contribution in [2.45, 2.75) is 20.8 Å². The molecule has 2 N–H and O–H groups in total. The molecule has 0 saturated carbocycles. The Balaban J connectivity index is 1.61. The van der Waals surface area contributed by atoms with E-state index in [1.165, 1.54) is 6.08 Å². The maximum absolute atomic E-state index is 13.3. The molecule has 0 unspecified atom stereocenters. The minimum absolute atomic E-state index is 0.261. The van der Waals surface area contributed by atoms with E-state index in [1.54, 1.807) is 50.2 Å². The van der Waals surface area contributed by atoms with Crippen molar-refractivity contribution in [3.63, 3.8) is 0 Å². The number of rotatable bonds is 8. The number of halogens is 2. The first kappa shape index (κ1) is 28.8. The van der Waals surface area contributed by atoms with Crippen LogP contribution in [0, 0.1) is 13.8 Å². The number of carbonyl (C=O) groups is 4. The van der Waals surface area contributed by atoms with Gasteiger partial charge in [-0.25, -0.2) is 9.69 Å². The summed E-state index contributed by atoms with van der Waals surface area (Å²) in [6.45, 7) is 5.33. The zero-order chi connectivity index (χ0) is 29.0. The van der Waals surface area contributed by atoms with E-state index in [1.807, 2.05) is 25.1 Å². The van der Waals surface area contributed by atoms with E-state index in [4.69, 9.17) is 21.1 Å². The minimum Gasteiger partial charge on any atom is -0.490 e. The second-order valence-corrected chi connectivity index (χ2v) is 10.0. The lowest BCUT2D eigenvalue weighted by Gasteiger charge is -2.27. The molecule has 1 saturated heterocycles. The number of para-hydroxylation sites is 1. The van der Waals surface area contributed by atoms with Crippen LogP contribution in [0.2, 0.25) is 5.02 Å². The van der Waals surface area contributed by atoms with Gasteiger partial charge in [-0.05, 0) is 89.8 Å². The van der Waals surface area contributed by atoms with Crippen LogP contribution in [-0.4, -0.2) is 37.0 Å². The van der Waals surface area contributed by atoms with Gasteiger partial charge in [0.25, 0.3) is 17.7 Å². The first-order chi connectivity index (χ1) is 19.1. The van der Waals surface area contributed by atoms with Crippen LogP contribution in [0.15, 0.2) is 64.6 Å². The zero-order valence-electron chi connectivity index (χ0n) is 21.8. The third-order valence-corrected chi connectivity index (χ3v) is 6.99. The molecule has 40 heavy (non-hydrogen) atoms. The molecule has 0 aliphatic carbocycles. The highest BCUT2D eigenvalue weighted by Gasteiger charge is 2.37. The molecule has 0 spiro atoms. The van der Waals surface area contributed by atoms with Crippen molar-refractivity contribution < 1.29 is 28.7 Å². The van der Waals surface area contributed by atoms with Crippen LogP contribution >= 0.6 is 27.5 Å². The molecule has 0 bridgehead atoms. The summed E-state index contributed by atoms with van der Waals surface area (Å²) < 4.78 is 11.9.